The summed E-state index contributed by atoms with van der Waals surface area (Å²) in [5, 5.41) is 3.15. The second-order valence-corrected chi connectivity index (χ2v) is 5.93. The topological polar surface area (TPSA) is 55.1 Å². The fourth-order valence-corrected chi connectivity index (χ4v) is 3.23. The van der Waals surface area contributed by atoms with Crippen LogP contribution in [0.1, 0.15) is 52.9 Å². The third-order valence-electron chi connectivity index (χ3n) is 4.32. The molecule has 4 heteroatoms. The Morgan fingerprint density at radius 3 is 2.56 bits per heavy atom. The molecule has 0 saturated heterocycles. The summed E-state index contributed by atoms with van der Waals surface area (Å²) in [6, 6.07) is 0.302. The molecule has 1 saturated carbocycles. The van der Waals surface area contributed by atoms with Crippen molar-refractivity contribution in [1.29, 1.82) is 0 Å². The first-order valence-corrected chi connectivity index (χ1v) is 7.51. The summed E-state index contributed by atoms with van der Waals surface area (Å²) in [4.78, 5) is 12.5. The highest BCUT2D eigenvalue weighted by atomic mass is 32.1. The normalized spacial score (nSPS) is 28.9. The minimum atomic E-state index is -0.294. The van der Waals surface area contributed by atoms with Crippen LogP contribution in [0.25, 0.3) is 0 Å². The summed E-state index contributed by atoms with van der Waals surface area (Å²) in [5.41, 5.74) is 5.66. The van der Waals surface area contributed by atoms with Crippen LogP contribution in [0, 0.1) is 17.8 Å². The molecule has 0 aromatic heterocycles. The predicted molar refractivity (Wildman–Crippen MR) is 79.3 cm³/mol. The van der Waals surface area contributed by atoms with E-state index >= 15 is 0 Å². The molecule has 1 aliphatic rings. The van der Waals surface area contributed by atoms with Crippen molar-refractivity contribution >= 4 is 23.1 Å². The summed E-state index contributed by atoms with van der Waals surface area (Å²) in [6.07, 6.45) is 5.17. The Hall–Kier alpha value is -0.640. The van der Waals surface area contributed by atoms with E-state index in [1.54, 1.807) is 0 Å². The standard InChI is InChI=1S/C14H26N2OS/c1-4-6-11(13(15)18)14(17)16-12-8-7-10(5-2)9(12)3/h9-12H,4-8H2,1-3H3,(H2,15,18)(H,16,17). The molecule has 0 bridgehead atoms. The van der Waals surface area contributed by atoms with Crippen molar-refractivity contribution < 1.29 is 4.79 Å². The smallest absolute Gasteiger partial charge is 0.230 e. The molecule has 18 heavy (non-hydrogen) atoms. The Bertz CT molecular complexity index is 306. The van der Waals surface area contributed by atoms with Gasteiger partial charge in [0.05, 0.1) is 10.9 Å². The van der Waals surface area contributed by atoms with E-state index in [0.29, 0.717) is 16.9 Å². The van der Waals surface area contributed by atoms with Gasteiger partial charge in [-0.1, -0.05) is 45.8 Å². The zero-order valence-electron chi connectivity index (χ0n) is 11.7. The van der Waals surface area contributed by atoms with Gasteiger partial charge in [0, 0.05) is 6.04 Å². The van der Waals surface area contributed by atoms with E-state index in [9.17, 15) is 4.79 Å². The molecule has 4 atom stereocenters. The lowest BCUT2D eigenvalue weighted by atomic mass is 9.93. The van der Waals surface area contributed by atoms with E-state index in [1.165, 1.54) is 12.8 Å². The number of nitrogens with two attached hydrogens (primary N) is 1. The fraction of sp³-hybridized carbons (Fsp3) is 0.857. The van der Waals surface area contributed by atoms with Gasteiger partial charge in [-0.2, -0.15) is 0 Å². The van der Waals surface area contributed by atoms with Gasteiger partial charge in [0.15, 0.2) is 0 Å². The van der Waals surface area contributed by atoms with Gasteiger partial charge < -0.3 is 11.1 Å². The van der Waals surface area contributed by atoms with Crippen molar-refractivity contribution in [3.8, 4) is 0 Å². The first kappa shape index (κ1) is 15.4. The van der Waals surface area contributed by atoms with E-state index in [0.717, 1.165) is 25.2 Å². The number of thiocarbonyl (C=S) groups is 1. The van der Waals surface area contributed by atoms with Gasteiger partial charge in [0.25, 0.3) is 0 Å². The monoisotopic (exact) mass is 270 g/mol. The van der Waals surface area contributed by atoms with Gasteiger partial charge in [-0.25, -0.2) is 0 Å². The maximum absolute atomic E-state index is 12.2. The van der Waals surface area contributed by atoms with E-state index < -0.39 is 0 Å². The lowest BCUT2D eigenvalue weighted by molar-refractivity contribution is -0.124. The average Bonchev–Trinajstić information content (AvgIpc) is 2.67. The minimum absolute atomic E-state index is 0.0259. The molecule has 3 N–H and O–H groups in total. The van der Waals surface area contributed by atoms with E-state index in [1.807, 2.05) is 6.92 Å². The van der Waals surface area contributed by atoms with Crippen molar-refractivity contribution in [2.75, 3.05) is 0 Å². The van der Waals surface area contributed by atoms with Crippen LogP contribution in [0.2, 0.25) is 0 Å². The Balaban J connectivity index is 2.56. The first-order valence-electron chi connectivity index (χ1n) is 7.10. The molecular weight excluding hydrogens is 244 g/mol. The number of carbonyl (C=O) groups is 1. The summed E-state index contributed by atoms with van der Waals surface area (Å²) in [6.45, 7) is 6.51. The summed E-state index contributed by atoms with van der Waals surface area (Å²) < 4.78 is 0. The quantitative estimate of drug-likeness (QED) is 0.730. The molecule has 0 aromatic carbocycles. The summed E-state index contributed by atoms with van der Waals surface area (Å²) in [7, 11) is 0. The average molecular weight is 270 g/mol. The molecule has 1 aliphatic carbocycles. The molecule has 0 spiro atoms. The SMILES string of the molecule is CCCC(C(=O)NC1CCC(CC)C1C)C(N)=S. The number of nitrogens with one attached hydrogen (secondary N) is 1. The molecule has 1 fully saturated rings. The number of amides is 1. The Morgan fingerprint density at radius 1 is 1.44 bits per heavy atom. The molecule has 0 aromatic rings. The lowest BCUT2D eigenvalue weighted by Crippen LogP contribution is -2.44. The highest BCUT2D eigenvalue weighted by Gasteiger charge is 2.34. The van der Waals surface area contributed by atoms with Crippen molar-refractivity contribution in [3.63, 3.8) is 0 Å². The molecular formula is C14H26N2OS. The van der Waals surface area contributed by atoms with Gasteiger partial charge >= 0.3 is 0 Å². The largest absolute Gasteiger partial charge is 0.393 e. The second-order valence-electron chi connectivity index (χ2n) is 5.46. The van der Waals surface area contributed by atoms with Crippen LogP contribution in [-0.4, -0.2) is 16.9 Å². The van der Waals surface area contributed by atoms with Crippen molar-refractivity contribution in [2.24, 2.45) is 23.5 Å². The molecule has 104 valence electrons. The number of hydrogen-bond acceptors (Lipinski definition) is 2. The van der Waals surface area contributed by atoms with Gasteiger partial charge in [-0.15, -0.1) is 0 Å². The lowest BCUT2D eigenvalue weighted by Gasteiger charge is -2.23. The number of hydrogen-bond donors (Lipinski definition) is 2. The summed E-state index contributed by atoms with van der Waals surface area (Å²) in [5.74, 6) is 1.04. The highest BCUT2D eigenvalue weighted by Crippen LogP contribution is 2.34. The first-order chi connectivity index (χ1) is 8.51. The minimum Gasteiger partial charge on any atom is -0.393 e. The Kier molecular flexibility index (Phi) is 6.06. The molecule has 1 rings (SSSR count). The Morgan fingerprint density at radius 2 is 2.11 bits per heavy atom. The van der Waals surface area contributed by atoms with Gasteiger partial charge in [-0.3, -0.25) is 4.79 Å². The third kappa shape index (κ3) is 3.67. The zero-order valence-corrected chi connectivity index (χ0v) is 12.6. The molecule has 0 radical (unpaired) electrons. The second kappa shape index (κ2) is 7.07. The van der Waals surface area contributed by atoms with Gasteiger partial charge in [0.2, 0.25) is 5.91 Å². The predicted octanol–water partition coefficient (Wildman–Crippen LogP) is 2.63. The Labute approximate surface area is 116 Å². The maximum atomic E-state index is 12.2. The molecule has 4 unspecified atom stereocenters. The molecule has 1 amide bonds. The van der Waals surface area contributed by atoms with Crippen molar-refractivity contribution in [1.82, 2.24) is 5.32 Å². The molecule has 0 aliphatic heterocycles. The molecule has 0 heterocycles. The van der Waals surface area contributed by atoms with E-state index in [4.69, 9.17) is 18.0 Å². The van der Waals surface area contributed by atoms with E-state index in [-0.39, 0.29) is 11.8 Å². The van der Waals surface area contributed by atoms with Gasteiger partial charge in [0.1, 0.15) is 0 Å². The number of carbonyl (C=O) groups excluding carboxylic acids is 1. The number of rotatable bonds is 6. The van der Waals surface area contributed by atoms with Crippen LogP contribution < -0.4 is 11.1 Å². The maximum Gasteiger partial charge on any atom is 0.230 e. The van der Waals surface area contributed by atoms with Crippen LogP contribution in [0.15, 0.2) is 0 Å². The van der Waals surface area contributed by atoms with Crippen LogP contribution in [-0.2, 0) is 4.79 Å². The highest BCUT2D eigenvalue weighted by molar-refractivity contribution is 7.80. The van der Waals surface area contributed by atoms with Crippen LogP contribution in [0.5, 0.6) is 0 Å². The third-order valence-corrected chi connectivity index (χ3v) is 4.60. The van der Waals surface area contributed by atoms with Crippen molar-refractivity contribution in [2.45, 2.75) is 58.9 Å². The fourth-order valence-electron chi connectivity index (χ4n) is 3.00. The van der Waals surface area contributed by atoms with Gasteiger partial charge in [-0.05, 0) is 31.1 Å². The van der Waals surface area contributed by atoms with Crippen LogP contribution >= 0.6 is 12.2 Å². The zero-order chi connectivity index (χ0) is 13.7. The van der Waals surface area contributed by atoms with Crippen LogP contribution in [0.3, 0.4) is 0 Å². The molecule has 3 nitrogen and oxygen atoms in total. The van der Waals surface area contributed by atoms with Crippen LogP contribution in [0.4, 0.5) is 0 Å². The van der Waals surface area contributed by atoms with Crippen molar-refractivity contribution in [3.05, 3.63) is 0 Å². The van der Waals surface area contributed by atoms with E-state index in [2.05, 4.69) is 19.2 Å². The summed E-state index contributed by atoms with van der Waals surface area (Å²) >= 11 is 4.99.